The first-order chi connectivity index (χ1) is 18.3. The van der Waals surface area contributed by atoms with Crippen LogP contribution >= 0.6 is 0 Å². The lowest BCUT2D eigenvalue weighted by Crippen LogP contribution is -2.30. The van der Waals surface area contributed by atoms with Crippen molar-refractivity contribution in [2.75, 3.05) is 7.11 Å². The molecule has 1 aliphatic heterocycles. The summed E-state index contributed by atoms with van der Waals surface area (Å²) in [4.78, 5) is 40.1. The van der Waals surface area contributed by atoms with E-state index in [-0.39, 0.29) is 30.0 Å². The first-order valence-electron chi connectivity index (χ1n) is 11.6. The molecule has 0 bridgehead atoms. The highest BCUT2D eigenvalue weighted by Crippen LogP contribution is 2.21. The molecule has 38 heavy (non-hydrogen) atoms. The van der Waals surface area contributed by atoms with Gasteiger partial charge >= 0.3 is 6.03 Å². The summed E-state index contributed by atoms with van der Waals surface area (Å²) in [5.41, 5.74) is 1.93. The van der Waals surface area contributed by atoms with E-state index in [1.165, 1.54) is 54.3 Å². The summed E-state index contributed by atoms with van der Waals surface area (Å²) in [5.74, 6) is -0.826. The molecule has 0 spiro atoms. The number of aromatic nitrogens is 2. The Kier molecular flexibility index (Phi) is 6.61. The molecule has 1 fully saturated rings. The van der Waals surface area contributed by atoms with Gasteiger partial charge < -0.3 is 10.1 Å². The van der Waals surface area contributed by atoms with E-state index in [1.807, 2.05) is 0 Å². The second-order valence-corrected chi connectivity index (χ2v) is 8.65. The average molecular weight is 517 g/mol. The first-order valence-corrected chi connectivity index (χ1v) is 11.6. The number of carbonyl (C=O) groups is 2. The Morgan fingerprint density at radius 1 is 0.842 bits per heavy atom. The van der Waals surface area contributed by atoms with Gasteiger partial charge in [0.2, 0.25) is 0 Å². The summed E-state index contributed by atoms with van der Waals surface area (Å²) >= 11 is 0. The third kappa shape index (κ3) is 4.96. The van der Waals surface area contributed by atoms with Crippen molar-refractivity contribution < 1.29 is 23.1 Å². The van der Waals surface area contributed by atoms with Gasteiger partial charge in [-0.05, 0) is 65.7 Å². The van der Waals surface area contributed by atoms with E-state index in [4.69, 9.17) is 4.74 Å². The number of urea groups is 1. The molecule has 0 saturated carbocycles. The quantitative estimate of drug-likeness (QED) is 0.285. The lowest BCUT2D eigenvalue weighted by atomic mass is 10.1. The number of hydrogen-bond donors (Lipinski definition) is 2. The number of benzene rings is 3. The number of nitrogens with zero attached hydrogens (tertiary/aromatic N) is 2. The van der Waals surface area contributed by atoms with Crippen molar-refractivity contribution in [3.05, 3.63) is 123 Å². The fourth-order valence-electron chi connectivity index (χ4n) is 4.13. The molecule has 0 aliphatic carbocycles. The van der Waals surface area contributed by atoms with Crippen molar-refractivity contribution in [1.82, 2.24) is 20.0 Å². The van der Waals surface area contributed by atoms with Crippen LogP contribution in [0.3, 0.4) is 0 Å². The van der Waals surface area contributed by atoms with E-state index in [0.717, 1.165) is 10.5 Å². The number of H-pyrrole nitrogens is 1. The van der Waals surface area contributed by atoms with Gasteiger partial charge in [-0.2, -0.15) is 0 Å². The smallest absolute Gasteiger partial charge is 0.329 e. The normalized spacial score (nSPS) is 14.3. The van der Waals surface area contributed by atoms with Crippen LogP contribution in [0.4, 0.5) is 13.6 Å². The number of imide groups is 1. The number of nitrogens with one attached hydrogen (secondary N) is 2. The van der Waals surface area contributed by atoms with Crippen LogP contribution in [0.15, 0.2) is 83.3 Å². The Morgan fingerprint density at radius 3 is 2.05 bits per heavy atom. The minimum absolute atomic E-state index is 0.0616. The molecule has 2 N–H and O–H groups in total. The van der Waals surface area contributed by atoms with Crippen LogP contribution in [0, 0.1) is 11.6 Å². The van der Waals surface area contributed by atoms with Gasteiger partial charge in [-0.1, -0.05) is 24.3 Å². The Labute approximate surface area is 215 Å². The van der Waals surface area contributed by atoms with Crippen molar-refractivity contribution in [2.45, 2.75) is 13.0 Å². The topological polar surface area (TPSA) is 96.4 Å². The molecule has 0 unspecified atom stereocenters. The number of carbonyl (C=O) groups excluding carboxylic acids is 2. The van der Waals surface area contributed by atoms with Crippen LogP contribution in [0.1, 0.15) is 22.4 Å². The van der Waals surface area contributed by atoms with E-state index >= 15 is 0 Å². The van der Waals surface area contributed by atoms with Gasteiger partial charge in [0, 0.05) is 12.1 Å². The molecule has 3 aromatic carbocycles. The van der Waals surface area contributed by atoms with Crippen molar-refractivity contribution in [3.63, 3.8) is 0 Å². The maximum absolute atomic E-state index is 13.5. The summed E-state index contributed by atoms with van der Waals surface area (Å²) in [6, 6.07) is 17.4. The zero-order valence-corrected chi connectivity index (χ0v) is 20.2. The number of ether oxygens (including phenoxy) is 1. The molecular formula is C28H22F2N4O4. The number of amides is 3. The Bertz CT molecular complexity index is 1590. The summed E-state index contributed by atoms with van der Waals surface area (Å²) in [5, 5.41) is 5.60. The van der Waals surface area contributed by atoms with Crippen LogP contribution in [0.2, 0.25) is 0 Å². The van der Waals surface area contributed by atoms with Crippen molar-refractivity contribution in [2.24, 2.45) is 0 Å². The van der Waals surface area contributed by atoms with Crippen LogP contribution in [-0.2, 0) is 17.8 Å². The van der Waals surface area contributed by atoms with Gasteiger partial charge in [-0.15, -0.1) is 0 Å². The van der Waals surface area contributed by atoms with Crippen LogP contribution in [0.25, 0.3) is 11.8 Å². The minimum atomic E-state index is -0.656. The minimum Gasteiger partial charge on any atom is -0.497 e. The molecule has 192 valence electrons. The molecule has 10 heteroatoms. The molecule has 1 saturated heterocycles. The van der Waals surface area contributed by atoms with E-state index in [2.05, 4.69) is 10.4 Å². The lowest BCUT2D eigenvalue weighted by Gasteiger charge is -2.11. The summed E-state index contributed by atoms with van der Waals surface area (Å²) in [6.07, 6.45) is 1.57. The third-order valence-electron chi connectivity index (χ3n) is 6.14. The second-order valence-electron chi connectivity index (χ2n) is 8.65. The highest BCUT2D eigenvalue weighted by Gasteiger charge is 2.34. The molecule has 0 atom stereocenters. The van der Waals surface area contributed by atoms with E-state index in [9.17, 15) is 23.2 Å². The number of methoxy groups -OCH3 is 1. The largest absolute Gasteiger partial charge is 0.497 e. The second kappa shape index (κ2) is 10.2. The highest BCUT2D eigenvalue weighted by atomic mass is 19.1. The molecule has 8 nitrogen and oxygen atoms in total. The Morgan fingerprint density at radius 2 is 1.45 bits per heavy atom. The van der Waals surface area contributed by atoms with E-state index in [1.54, 1.807) is 36.4 Å². The SMILES string of the molecule is COc1ccc(-n2[nH]c(Cc3ccc(F)cc3)c(C=C3NC(=O)N(Cc4ccc(F)cc4)C3=O)c2=O)cc1. The van der Waals surface area contributed by atoms with Gasteiger partial charge in [-0.25, -0.2) is 18.3 Å². The van der Waals surface area contributed by atoms with Crippen molar-refractivity contribution in [3.8, 4) is 11.4 Å². The fourth-order valence-corrected chi connectivity index (χ4v) is 4.13. The maximum Gasteiger partial charge on any atom is 0.329 e. The molecule has 4 aromatic rings. The maximum atomic E-state index is 13.5. The summed E-state index contributed by atoms with van der Waals surface area (Å²) in [7, 11) is 1.53. The zero-order chi connectivity index (χ0) is 26.8. The van der Waals surface area contributed by atoms with Crippen LogP contribution in [0.5, 0.6) is 5.75 Å². The molecule has 1 aliphatic rings. The van der Waals surface area contributed by atoms with Crippen molar-refractivity contribution >= 4 is 18.0 Å². The number of aromatic amines is 1. The molecule has 1 aromatic heterocycles. The summed E-state index contributed by atoms with van der Waals surface area (Å²) in [6.45, 7) is -0.0616. The van der Waals surface area contributed by atoms with Gasteiger partial charge in [0.25, 0.3) is 11.5 Å². The monoisotopic (exact) mass is 516 g/mol. The predicted molar refractivity (Wildman–Crippen MR) is 136 cm³/mol. The number of hydrogen-bond acceptors (Lipinski definition) is 4. The molecule has 0 radical (unpaired) electrons. The molecule has 5 rings (SSSR count). The Balaban J connectivity index is 1.52. The van der Waals surface area contributed by atoms with Crippen LogP contribution in [-0.4, -0.2) is 33.7 Å². The van der Waals surface area contributed by atoms with Crippen LogP contribution < -0.4 is 15.6 Å². The fraction of sp³-hybridized carbons (Fsp3) is 0.107. The Hall–Kier alpha value is -4.99. The molecule has 3 amide bonds. The molecular weight excluding hydrogens is 494 g/mol. The predicted octanol–water partition coefficient (Wildman–Crippen LogP) is 4.14. The number of rotatable bonds is 7. The van der Waals surface area contributed by atoms with E-state index in [0.29, 0.717) is 22.7 Å². The third-order valence-corrected chi connectivity index (χ3v) is 6.14. The molecule has 2 heterocycles. The highest BCUT2D eigenvalue weighted by molar-refractivity contribution is 6.13. The zero-order valence-electron chi connectivity index (χ0n) is 20.2. The van der Waals surface area contributed by atoms with Crippen molar-refractivity contribution in [1.29, 1.82) is 0 Å². The standard InChI is InChI=1S/C28H22F2N4O4/c1-38-22-12-10-21(11-13-22)34-26(35)23(24(32-34)14-17-2-6-19(29)7-3-17)15-25-27(36)33(28(37)31-25)16-18-4-8-20(30)9-5-18/h2-13,15,32H,14,16H2,1H3,(H,31,37). The summed E-state index contributed by atoms with van der Waals surface area (Å²) < 4.78 is 33.2. The first kappa shape index (κ1) is 24.7. The van der Waals surface area contributed by atoms with E-state index < -0.39 is 23.3 Å². The number of halogens is 2. The van der Waals surface area contributed by atoms with Gasteiger partial charge in [0.1, 0.15) is 23.1 Å². The van der Waals surface area contributed by atoms with Gasteiger partial charge in [0.15, 0.2) is 0 Å². The van der Waals surface area contributed by atoms with Gasteiger partial charge in [0.05, 0.1) is 24.9 Å². The van der Waals surface area contributed by atoms with Gasteiger partial charge in [-0.3, -0.25) is 19.6 Å². The lowest BCUT2D eigenvalue weighted by molar-refractivity contribution is -0.123. The average Bonchev–Trinajstić information content (AvgIpc) is 3.37.